The predicted octanol–water partition coefficient (Wildman–Crippen LogP) is 3.26. The fourth-order valence-corrected chi connectivity index (χ4v) is 4.81. The summed E-state index contributed by atoms with van der Waals surface area (Å²) in [5.41, 5.74) is -0.890. The van der Waals surface area contributed by atoms with Crippen molar-refractivity contribution in [3.05, 3.63) is 76.0 Å². The van der Waals surface area contributed by atoms with Crippen LogP contribution in [0.4, 0.5) is 5.69 Å². The van der Waals surface area contributed by atoms with E-state index >= 15 is 0 Å². The average molecular weight is 494 g/mol. The van der Waals surface area contributed by atoms with Gasteiger partial charge in [-0.2, -0.15) is 5.26 Å². The maximum Gasteiger partial charge on any atom is 0.338 e. The summed E-state index contributed by atoms with van der Waals surface area (Å²) in [6.45, 7) is 0.0460. The van der Waals surface area contributed by atoms with E-state index in [-0.39, 0.29) is 17.9 Å². The molecule has 2 atom stereocenters. The number of rotatable bonds is 5. The van der Waals surface area contributed by atoms with Crippen LogP contribution in [0.15, 0.2) is 59.9 Å². The van der Waals surface area contributed by atoms with E-state index in [0.29, 0.717) is 21.8 Å². The number of hydrogen-bond donors (Lipinski definition) is 1. The molecule has 1 spiro atoms. The standard InChI is InChI=1S/C25H20ClN3O6/c1-33-20(30)11-19-21(23(31)34-2)25(16(12-27)22(28)35-19)15-8-4-6-10-18(15)29(24(25)32)13-14-7-3-5-9-17(14)26/h3-10,16,28H,11,13H2,1-2H3. The van der Waals surface area contributed by atoms with Gasteiger partial charge in [0, 0.05) is 10.7 Å². The first kappa shape index (κ1) is 24.0. The third-order valence-corrected chi connectivity index (χ3v) is 6.51. The maximum atomic E-state index is 14.3. The molecule has 178 valence electrons. The monoisotopic (exact) mass is 493 g/mol. The van der Waals surface area contributed by atoms with Crippen LogP contribution in [0.3, 0.4) is 0 Å². The largest absolute Gasteiger partial charge is 0.469 e. The van der Waals surface area contributed by atoms with E-state index in [2.05, 4.69) is 0 Å². The highest BCUT2D eigenvalue weighted by Crippen LogP contribution is 2.55. The summed E-state index contributed by atoms with van der Waals surface area (Å²) in [6, 6.07) is 15.6. The van der Waals surface area contributed by atoms with E-state index in [1.807, 2.05) is 6.07 Å². The molecule has 0 fully saturated rings. The predicted molar refractivity (Wildman–Crippen MR) is 124 cm³/mol. The number of benzene rings is 2. The zero-order valence-electron chi connectivity index (χ0n) is 18.8. The highest BCUT2D eigenvalue weighted by Gasteiger charge is 2.65. The lowest BCUT2D eigenvalue weighted by Gasteiger charge is -2.38. The van der Waals surface area contributed by atoms with Crippen molar-refractivity contribution in [1.82, 2.24) is 0 Å². The van der Waals surface area contributed by atoms with Gasteiger partial charge in [-0.25, -0.2) is 4.79 Å². The van der Waals surface area contributed by atoms with Crippen molar-refractivity contribution in [2.75, 3.05) is 19.1 Å². The molecule has 0 bridgehead atoms. The van der Waals surface area contributed by atoms with E-state index in [4.69, 9.17) is 31.2 Å². The van der Waals surface area contributed by atoms with Crippen molar-refractivity contribution < 1.29 is 28.6 Å². The second-order valence-corrected chi connectivity index (χ2v) is 8.29. The Hall–Kier alpha value is -4.16. The molecule has 2 aromatic carbocycles. The number of carbonyl (C=O) groups is 3. The zero-order chi connectivity index (χ0) is 25.3. The number of halogens is 1. The number of ether oxygens (including phenoxy) is 3. The number of amides is 1. The summed E-state index contributed by atoms with van der Waals surface area (Å²) >= 11 is 6.35. The van der Waals surface area contributed by atoms with Crippen molar-refractivity contribution in [3.8, 4) is 6.07 Å². The Bertz CT molecular complexity index is 1330. The molecule has 2 aliphatic heterocycles. The number of fused-ring (bicyclic) bond motifs is 2. The number of nitrogens with one attached hydrogen (secondary N) is 1. The molecule has 0 aliphatic carbocycles. The molecule has 1 N–H and O–H groups in total. The number of para-hydroxylation sites is 1. The Morgan fingerprint density at radius 1 is 1.17 bits per heavy atom. The molecule has 2 unspecified atom stereocenters. The molecule has 4 rings (SSSR count). The van der Waals surface area contributed by atoms with Crippen LogP contribution in [-0.2, 0) is 40.6 Å². The Morgan fingerprint density at radius 2 is 1.86 bits per heavy atom. The fourth-order valence-electron chi connectivity index (χ4n) is 4.62. The Labute approximate surface area is 205 Å². The quantitative estimate of drug-likeness (QED) is 0.632. The summed E-state index contributed by atoms with van der Waals surface area (Å²) in [5.74, 6) is -4.69. The minimum Gasteiger partial charge on any atom is -0.469 e. The molecule has 2 aliphatic rings. The zero-order valence-corrected chi connectivity index (χ0v) is 19.6. The summed E-state index contributed by atoms with van der Waals surface area (Å²) in [5, 5.41) is 19.0. The van der Waals surface area contributed by atoms with E-state index in [9.17, 15) is 19.6 Å². The average Bonchev–Trinajstić information content (AvgIpc) is 3.08. The minimum absolute atomic E-state index is 0.0460. The van der Waals surface area contributed by atoms with Gasteiger partial charge < -0.3 is 19.1 Å². The normalized spacial score (nSPS) is 20.9. The third-order valence-electron chi connectivity index (χ3n) is 6.14. The number of methoxy groups -OCH3 is 2. The van der Waals surface area contributed by atoms with Crippen molar-refractivity contribution in [2.24, 2.45) is 5.92 Å². The smallest absolute Gasteiger partial charge is 0.338 e. The number of anilines is 1. The molecule has 1 amide bonds. The van der Waals surface area contributed by atoms with Gasteiger partial charge in [-0.15, -0.1) is 0 Å². The molecule has 0 aromatic heterocycles. The first-order valence-electron chi connectivity index (χ1n) is 10.5. The van der Waals surface area contributed by atoms with Crippen molar-refractivity contribution in [2.45, 2.75) is 18.4 Å². The van der Waals surface area contributed by atoms with E-state index in [1.165, 1.54) is 4.90 Å². The van der Waals surface area contributed by atoms with Crippen molar-refractivity contribution in [3.63, 3.8) is 0 Å². The molecule has 0 saturated heterocycles. The van der Waals surface area contributed by atoms with Gasteiger partial charge in [-0.3, -0.25) is 15.0 Å². The van der Waals surface area contributed by atoms with Gasteiger partial charge in [0.25, 0.3) is 0 Å². The van der Waals surface area contributed by atoms with Crippen LogP contribution in [0.1, 0.15) is 17.5 Å². The summed E-state index contributed by atoms with van der Waals surface area (Å²) in [6.07, 6.45) is -0.539. The van der Waals surface area contributed by atoms with Crippen LogP contribution in [0.2, 0.25) is 5.02 Å². The maximum absolute atomic E-state index is 14.3. The molecule has 9 nitrogen and oxygen atoms in total. The van der Waals surface area contributed by atoms with Gasteiger partial charge in [-0.05, 0) is 23.3 Å². The Morgan fingerprint density at radius 3 is 2.51 bits per heavy atom. The van der Waals surface area contributed by atoms with Gasteiger partial charge in [-0.1, -0.05) is 48.0 Å². The summed E-state index contributed by atoms with van der Waals surface area (Å²) in [4.78, 5) is 41.0. The van der Waals surface area contributed by atoms with E-state index in [1.54, 1.807) is 48.5 Å². The lowest BCUT2D eigenvalue weighted by atomic mass is 9.64. The van der Waals surface area contributed by atoms with Crippen LogP contribution in [0, 0.1) is 22.7 Å². The number of nitrogens with zero attached hydrogens (tertiary/aromatic N) is 2. The van der Waals surface area contributed by atoms with Gasteiger partial charge in [0.1, 0.15) is 23.5 Å². The molecule has 0 radical (unpaired) electrons. The first-order valence-corrected chi connectivity index (χ1v) is 10.9. The van der Waals surface area contributed by atoms with Crippen LogP contribution in [-0.4, -0.2) is 38.0 Å². The Kier molecular flexibility index (Phi) is 6.33. The van der Waals surface area contributed by atoms with Gasteiger partial charge in [0.2, 0.25) is 11.8 Å². The van der Waals surface area contributed by atoms with E-state index < -0.39 is 41.5 Å². The lowest BCUT2D eigenvalue weighted by Crippen LogP contribution is -2.54. The van der Waals surface area contributed by atoms with Crippen molar-refractivity contribution in [1.29, 1.82) is 10.7 Å². The SMILES string of the molecule is COC(=O)CC1=C(C(=O)OC)C2(C(=O)N(Cc3ccccc3Cl)c3ccccc32)C(C#N)C(=N)O1. The molecule has 2 aromatic rings. The van der Waals surface area contributed by atoms with Gasteiger partial charge in [0.05, 0.1) is 32.4 Å². The second kappa shape index (κ2) is 9.24. The molecule has 2 heterocycles. The molecule has 10 heteroatoms. The summed E-state index contributed by atoms with van der Waals surface area (Å²) < 4.78 is 15.2. The topological polar surface area (TPSA) is 130 Å². The number of nitriles is 1. The molecule has 35 heavy (non-hydrogen) atoms. The second-order valence-electron chi connectivity index (χ2n) is 7.88. The van der Waals surface area contributed by atoms with Gasteiger partial charge in [0.15, 0.2) is 0 Å². The first-order chi connectivity index (χ1) is 16.8. The minimum atomic E-state index is -1.97. The van der Waals surface area contributed by atoms with Crippen LogP contribution in [0.5, 0.6) is 0 Å². The molecular formula is C25H20ClN3O6. The highest BCUT2D eigenvalue weighted by molar-refractivity contribution is 6.31. The van der Waals surface area contributed by atoms with E-state index in [0.717, 1.165) is 14.2 Å². The molecule has 0 saturated carbocycles. The van der Waals surface area contributed by atoms with Gasteiger partial charge >= 0.3 is 11.9 Å². The molecular weight excluding hydrogens is 474 g/mol. The van der Waals surface area contributed by atoms with Crippen LogP contribution >= 0.6 is 11.6 Å². The Balaban J connectivity index is 2.02. The number of esters is 2. The van der Waals surface area contributed by atoms with Crippen LogP contribution < -0.4 is 4.90 Å². The number of hydrogen-bond acceptors (Lipinski definition) is 8. The summed E-state index contributed by atoms with van der Waals surface area (Å²) in [7, 11) is 2.27. The fraction of sp³-hybridized carbons (Fsp3) is 0.240. The highest BCUT2D eigenvalue weighted by atomic mass is 35.5. The van der Waals surface area contributed by atoms with Crippen molar-refractivity contribution >= 4 is 41.0 Å². The number of carbonyl (C=O) groups excluding carboxylic acids is 3. The lowest BCUT2D eigenvalue weighted by molar-refractivity contribution is -0.141. The van der Waals surface area contributed by atoms with Crippen LogP contribution in [0.25, 0.3) is 0 Å². The third kappa shape index (κ3) is 3.63.